The first-order valence-corrected chi connectivity index (χ1v) is 9.22. The van der Waals surface area contributed by atoms with Crippen LogP contribution in [0.25, 0.3) is 0 Å². The lowest BCUT2D eigenvalue weighted by atomic mass is 9.88. The molecule has 2 fully saturated rings. The summed E-state index contributed by atoms with van der Waals surface area (Å²) >= 11 is 0. The number of hydrogen-bond acceptors (Lipinski definition) is 3. The van der Waals surface area contributed by atoms with Crippen LogP contribution in [0, 0.1) is 0 Å². The highest BCUT2D eigenvalue weighted by molar-refractivity contribution is 5.71. The van der Waals surface area contributed by atoms with Crippen LogP contribution in [0.3, 0.4) is 0 Å². The molecule has 0 aromatic heterocycles. The highest BCUT2D eigenvalue weighted by atomic mass is 16.5. The lowest BCUT2D eigenvalue weighted by Gasteiger charge is -2.41. The molecule has 2 aliphatic carbocycles. The standard InChI is InChI=1S/C18H33NO2/c1-2-3-14-21-18(20)15-19(16-10-6-4-7-11-16)17-12-8-5-9-13-17/h16-17H,2-15H2,1H3. The molecule has 0 atom stereocenters. The molecular formula is C18H33NO2. The van der Waals surface area contributed by atoms with Crippen LogP contribution in [0.1, 0.15) is 84.0 Å². The number of hydrogen-bond donors (Lipinski definition) is 0. The van der Waals surface area contributed by atoms with Crippen LogP contribution in [0.2, 0.25) is 0 Å². The van der Waals surface area contributed by atoms with Gasteiger partial charge in [-0.15, -0.1) is 0 Å². The molecule has 2 rings (SSSR count). The second-order valence-electron chi connectivity index (χ2n) is 6.83. The number of unbranched alkanes of at least 4 members (excludes halogenated alkanes) is 1. The Morgan fingerprint density at radius 2 is 1.48 bits per heavy atom. The molecule has 0 heterocycles. The van der Waals surface area contributed by atoms with Crippen molar-refractivity contribution in [2.45, 2.75) is 96.1 Å². The van der Waals surface area contributed by atoms with Crippen LogP contribution in [0.4, 0.5) is 0 Å². The summed E-state index contributed by atoms with van der Waals surface area (Å²) < 4.78 is 5.41. The molecular weight excluding hydrogens is 262 g/mol. The smallest absolute Gasteiger partial charge is 0.320 e. The minimum absolute atomic E-state index is 0.000373. The maximum atomic E-state index is 12.1. The summed E-state index contributed by atoms with van der Waals surface area (Å²) in [6.07, 6.45) is 15.2. The van der Waals surface area contributed by atoms with E-state index in [1.165, 1.54) is 64.2 Å². The molecule has 2 saturated carbocycles. The molecule has 3 heteroatoms. The molecule has 122 valence electrons. The van der Waals surface area contributed by atoms with E-state index in [4.69, 9.17) is 4.74 Å². The quantitative estimate of drug-likeness (QED) is 0.518. The number of carbonyl (C=O) groups excluding carboxylic acids is 1. The largest absolute Gasteiger partial charge is 0.465 e. The lowest BCUT2D eigenvalue weighted by molar-refractivity contribution is -0.147. The maximum absolute atomic E-state index is 12.1. The van der Waals surface area contributed by atoms with Crippen LogP contribution >= 0.6 is 0 Å². The Balaban J connectivity index is 1.88. The van der Waals surface area contributed by atoms with Crippen molar-refractivity contribution < 1.29 is 9.53 Å². The Morgan fingerprint density at radius 3 is 1.95 bits per heavy atom. The summed E-state index contributed by atoms with van der Waals surface area (Å²) in [5.74, 6) is -0.000373. The summed E-state index contributed by atoms with van der Waals surface area (Å²) in [5.41, 5.74) is 0. The first-order valence-electron chi connectivity index (χ1n) is 9.22. The van der Waals surface area contributed by atoms with E-state index in [-0.39, 0.29) is 5.97 Å². The van der Waals surface area contributed by atoms with E-state index in [9.17, 15) is 4.79 Å². The Bertz CT molecular complexity index is 276. The Labute approximate surface area is 130 Å². The predicted molar refractivity (Wildman–Crippen MR) is 86.3 cm³/mol. The van der Waals surface area contributed by atoms with E-state index < -0.39 is 0 Å². The normalized spacial score (nSPS) is 21.6. The zero-order valence-corrected chi connectivity index (χ0v) is 13.8. The van der Waals surface area contributed by atoms with Crippen LogP contribution < -0.4 is 0 Å². The highest BCUT2D eigenvalue weighted by Gasteiger charge is 2.30. The van der Waals surface area contributed by atoms with Crippen molar-refractivity contribution in [2.24, 2.45) is 0 Å². The summed E-state index contributed by atoms with van der Waals surface area (Å²) in [4.78, 5) is 14.7. The van der Waals surface area contributed by atoms with E-state index in [2.05, 4.69) is 11.8 Å². The molecule has 21 heavy (non-hydrogen) atoms. The molecule has 2 aliphatic rings. The van der Waals surface area contributed by atoms with Gasteiger partial charge in [0.05, 0.1) is 13.2 Å². The molecule has 0 saturated heterocycles. The number of nitrogens with zero attached hydrogens (tertiary/aromatic N) is 1. The van der Waals surface area contributed by atoms with Crippen molar-refractivity contribution in [3.05, 3.63) is 0 Å². The third-order valence-electron chi connectivity index (χ3n) is 5.16. The van der Waals surface area contributed by atoms with Crippen molar-refractivity contribution in [3.8, 4) is 0 Å². The molecule has 0 bridgehead atoms. The van der Waals surface area contributed by atoms with Crippen molar-refractivity contribution in [2.75, 3.05) is 13.2 Å². The van der Waals surface area contributed by atoms with Gasteiger partial charge < -0.3 is 4.74 Å². The molecule has 3 nitrogen and oxygen atoms in total. The van der Waals surface area contributed by atoms with E-state index >= 15 is 0 Å². The summed E-state index contributed by atoms with van der Waals surface area (Å²) in [5, 5.41) is 0. The molecule has 0 radical (unpaired) electrons. The summed E-state index contributed by atoms with van der Waals surface area (Å²) in [6, 6.07) is 1.25. The third-order valence-corrected chi connectivity index (χ3v) is 5.16. The Kier molecular flexibility index (Phi) is 7.56. The molecule has 0 unspecified atom stereocenters. The SMILES string of the molecule is CCCCOC(=O)CN(C1CCCCC1)C1CCCCC1. The van der Waals surface area contributed by atoms with Gasteiger partial charge in [-0.05, 0) is 32.1 Å². The van der Waals surface area contributed by atoms with E-state index in [1.54, 1.807) is 0 Å². The van der Waals surface area contributed by atoms with Gasteiger partial charge in [-0.2, -0.15) is 0 Å². The predicted octanol–water partition coefficient (Wildman–Crippen LogP) is 4.30. The first-order chi connectivity index (χ1) is 10.3. The number of ether oxygens (including phenoxy) is 1. The average Bonchev–Trinajstić information content (AvgIpc) is 2.54. The van der Waals surface area contributed by atoms with Crippen molar-refractivity contribution in [3.63, 3.8) is 0 Å². The fourth-order valence-corrected chi connectivity index (χ4v) is 3.91. The van der Waals surface area contributed by atoms with Crippen LogP contribution in [0.5, 0.6) is 0 Å². The minimum Gasteiger partial charge on any atom is -0.465 e. The van der Waals surface area contributed by atoms with Gasteiger partial charge in [-0.25, -0.2) is 0 Å². The van der Waals surface area contributed by atoms with E-state index in [0.29, 0.717) is 25.2 Å². The van der Waals surface area contributed by atoms with Crippen LogP contribution in [0.15, 0.2) is 0 Å². The third kappa shape index (κ3) is 5.61. The molecule has 0 aromatic rings. The van der Waals surface area contributed by atoms with E-state index in [1.807, 2.05) is 0 Å². The second kappa shape index (κ2) is 9.45. The average molecular weight is 295 g/mol. The lowest BCUT2D eigenvalue weighted by Crippen LogP contribution is -2.48. The van der Waals surface area contributed by atoms with Gasteiger partial charge in [0.2, 0.25) is 0 Å². The molecule has 0 spiro atoms. The number of rotatable bonds is 7. The molecule has 0 aliphatic heterocycles. The molecule has 0 N–H and O–H groups in total. The number of carbonyl (C=O) groups is 1. The van der Waals surface area contributed by atoms with Crippen molar-refractivity contribution in [1.82, 2.24) is 4.90 Å². The van der Waals surface area contributed by atoms with Gasteiger partial charge in [0, 0.05) is 12.1 Å². The number of esters is 1. The Hall–Kier alpha value is -0.570. The minimum atomic E-state index is -0.000373. The Morgan fingerprint density at radius 1 is 0.952 bits per heavy atom. The van der Waals surface area contributed by atoms with Crippen LogP contribution in [-0.4, -0.2) is 36.1 Å². The van der Waals surface area contributed by atoms with Gasteiger partial charge in [-0.1, -0.05) is 51.9 Å². The van der Waals surface area contributed by atoms with Gasteiger partial charge in [0.25, 0.3) is 0 Å². The van der Waals surface area contributed by atoms with Gasteiger partial charge >= 0.3 is 5.97 Å². The second-order valence-corrected chi connectivity index (χ2v) is 6.83. The topological polar surface area (TPSA) is 29.5 Å². The zero-order chi connectivity index (χ0) is 14.9. The fourth-order valence-electron chi connectivity index (χ4n) is 3.91. The summed E-state index contributed by atoms with van der Waals surface area (Å²) in [7, 11) is 0. The molecule has 0 amide bonds. The van der Waals surface area contributed by atoms with Gasteiger partial charge in [0.15, 0.2) is 0 Å². The van der Waals surface area contributed by atoms with Crippen molar-refractivity contribution in [1.29, 1.82) is 0 Å². The van der Waals surface area contributed by atoms with Crippen molar-refractivity contribution >= 4 is 5.97 Å². The van der Waals surface area contributed by atoms with E-state index in [0.717, 1.165) is 12.8 Å². The monoisotopic (exact) mass is 295 g/mol. The summed E-state index contributed by atoms with van der Waals surface area (Å²) in [6.45, 7) is 3.25. The fraction of sp³-hybridized carbons (Fsp3) is 0.944. The van der Waals surface area contributed by atoms with Gasteiger partial charge in [-0.3, -0.25) is 9.69 Å². The first kappa shape index (κ1) is 16.8. The zero-order valence-electron chi connectivity index (χ0n) is 13.8. The highest BCUT2D eigenvalue weighted by Crippen LogP contribution is 2.30. The van der Waals surface area contributed by atoms with Gasteiger partial charge in [0.1, 0.15) is 0 Å². The van der Waals surface area contributed by atoms with Crippen LogP contribution in [-0.2, 0) is 9.53 Å². The molecule has 0 aromatic carbocycles. The maximum Gasteiger partial charge on any atom is 0.320 e.